The Morgan fingerprint density at radius 1 is 1.14 bits per heavy atom. The van der Waals surface area contributed by atoms with E-state index < -0.39 is 11.6 Å². The highest BCUT2D eigenvalue weighted by molar-refractivity contribution is 5.17. The fourth-order valence-corrected chi connectivity index (χ4v) is 2.85. The lowest BCUT2D eigenvalue weighted by molar-refractivity contribution is 0.188. The zero-order chi connectivity index (χ0) is 15.4. The molecule has 0 unspecified atom stereocenters. The third-order valence-corrected chi connectivity index (χ3v) is 4.12. The smallest absolute Gasteiger partial charge is 0.159 e. The average molecular weight is 306 g/mol. The standard InChI is InChI=1S/C17H20F2N2O/c18-16-4-3-13(10-17(16)19)12-21-7-5-14(6-8-21)20-11-15-2-1-9-22-15/h1-4,9-10,14,20H,5-8,11-12H2. The predicted octanol–water partition coefficient (Wildman–Crippen LogP) is 3.31. The van der Waals surface area contributed by atoms with Crippen molar-refractivity contribution in [2.75, 3.05) is 13.1 Å². The van der Waals surface area contributed by atoms with Gasteiger partial charge in [-0.15, -0.1) is 0 Å². The van der Waals surface area contributed by atoms with Crippen molar-refractivity contribution in [3.63, 3.8) is 0 Å². The predicted molar refractivity (Wildman–Crippen MR) is 80.2 cm³/mol. The van der Waals surface area contributed by atoms with Gasteiger partial charge in [0, 0.05) is 12.6 Å². The van der Waals surface area contributed by atoms with Crippen LogP contribution in [0.15, 0.2) is 41.0 Å². The first-order valence-corrected chi connectivity index (χ1v) is 7.63. The summed E-state index contributed by atoms with van der Waals surface area (Å²) < 4.78 is 31.4. The molecule has 5 heteroatoms. The Hall–Kier alpha value is -1.72. The zero-order valence-corrected chi connectivity index (χ0v) is 12.4. The molecule has 1 aromatic carbocycles. The maximum Gasteiger partial charge on any atom is 0.159 e. The molecule has 1 N–H and O–H groups in total. The summed E-state index contributed by atoms with van der Waals surface area (Å²) in [7, 11) is 0. The molecule has 3 rings (SSSR count). The highest BCUT2D eigenvalue weighted by Crippen LogP contribution is 2.16. The fraction of sp³-hybridized carbons (Fsp3) is 0.412. The summed E-state index contributed by atoms with van der Waals surface area (Å²) in [5.41, 5.74) is 0.820. The largest absolute Gasteiger partial charge is 0.468 e. The van der Waals surface area contributed by atoms with Gasteiger partial charge in [-0.05, 0) is 55.8 Å². The van der Waals surface area contributed by atoms with Crippen molar-refractivity contribution >= 4 is 0 Å². The lowest BCUT2D eigenvalue weighted by atomic mass is 10.0. The first-order valence-electron chi connectivity index (χ1n) is 7.63. The molecular formula is C17H20F2N2O. The minimum Gasteiger partial charge on any atom is -0.468 e. The Labute approximate surface area is 128 Å². The number of nitrogens with one attached hydrogen (secondary N) is 1. The van der Waals surface area contributed by atoms with Crippen LogP contribution >= 0.6 is 0 Å². The summed E-state index contributed by atoms with van der Waals surface area (Å²) in [5.74, 6) is -0.610. The normalized spacial score (nSPS) is 17.0. The van der Waals surface area contributed by atoms with Crippen LogP contribution in [0, 0.1) is 11.6 Å². The number of nitrogens with zero attached hydrogens (tertiary/aromatic N) is 1. The second-order valence-electron chi connectivity index (χ2n) is 5.76. The molecule has 1 fully saturated rings. The first-order chi connectivity index (χ1) is 10.7. The zero-order valence-electron chi connectivity index (χ0n) is 12.4. The van der Waals surface area contributed by atoms with Crippen LogP contribution in [0.2, 0.25) is 0 Å². The van der Waals surface area contributed by atoms with Gasteiger partial charge in [0.1, 0.15) is 5.76 Å². The Balaban J connectivity index is 1.44. The van der Waals surface area contributed by atoms with Gasteiger partial charge in [0.2, 0.25) is 0 Å². The van der Waals surface area contributed by atoms with Crippen LogP contribution in [0.5, 0.6) is 0 Å². The Kier molecular flexibility index (Phi) is 4.85. The minimum atomic E-state index is -0.787. The SMILES string of the molecule is Fc1ccc(CN2CCC(NCc3ccco3)CC2)cc1F. The molecule has 0 bridgehead atoms. The van der Waals surface area contributed by atoms with E-state index in [0.29, 0.717) is 12.6 Å². The van der Waals surface area contributed by atoms with E-state index >= 15 is 0 Å². The summed E-state index contributed by atoms with van der Waals surface area (Å²) in [6, 6.07) is 8.47. The molecule has 0 spiro atoms. The van der Waals surface area contributed by atoms with E-state index in [1.165, 1.54) is 12.1 Å². The van der Waals surface area contributed by atoms with Gasteiger partial charge >= 0.3 is 0 Å². The summed E-state index contributed by atoms with van der Waals surface area (Å²) in [6.45, 7) is 3.33. The molecule has 0 amide bonds. The van der Waals surface area contributed by atoms with Crippen LogP contribution in [-0.2, 0) is 13.1 Å². The molecule has 0 atom stereocenters. The molecule has 1 aromatic heterocycles. The molecule has 1 aliphatic rings. The highest BCUT2D eigenvalue weighted by atomic mass is 19.2. The molecule has 118 valence electrons. The molecule has 0 saturated carbocycles. The lowest BCUT2D eigenvalue weighted by Gasteiger charge is -2.32. The number of rotatable bonds is 5. The highest BCUT2D eigenvalue weighted by Gasteiger charge is 2.19. The summed E-state index contributed by atoms with van der Waals surface area (Å²) in [6.07, 6.45) is 3.77. The summed E-state index contributed by atoms with van der Waals surface area (Å²) >= 11 is 0. The number of piperidine rings is 1. The Morgan fingerprint density at radius 2 is 1.95 bits per heavy atom. The molecule has 3 nitrogen and oxygen atoms in total. The van der Waals surface area contributed by atoms with Gasteiger partial charge in [0.05, 0.1) is 12.8 Å². The number of halogens is 2. The van der Waals surface area contributed by atoms with Crippen LogP contribution < -0.4 is 5.32 Å². The van der Waals surface area contributed by atoms with Crippen molar-refractivity contribution < 1.29 is 13.2 Å². The monoisotopic (exact) mass is 306 g/mol. The number of likely N-dealkylation sites (tertiary alicyclic amines) is 1. The molecule has 0 aliphatic carbocycles. The summed E-state index contributed by atoms with van der Waals surface area (Å²) in [4.78, 5) is 2.28. The van der Waals surface area contributed by atoms with E-state index in [1.807, 2.05) is 12.1 Å². The second-order valence-corrected chi connectivity index (χ2v) is 5.76. The first kappa shape index (κ1) is 15.2. The van der Waals surface area contributed by atoms with Crippen molar-refractivity contribution in [3.05, 3.63) is 59.6 Å². The Bertz CT molecular complexity index is 593. The Morgan fingerprint density at radius 3 is 2.64 bits per heavy atom. The van der Waals surface area contributed by atoms with Crippen LogP contribution in [0.4, 0.5) is 8.78 Å². The minimum absolute atomic E-state index is 0.478. The molecule has 1 aliphatic heterocycles. The van der Waals surface area contributed by atoms with Gasteiger partial charge in [-0.2, -0.15) is 0 Å². The fourth-order valence-electron chi connectivity index (χ4n) is 2.85. The molecule has 1 saturated heterocycles. The lowest BCUT2D eigenvalue weighted by Crippen LogP contribution is -2.41. The van der Waals surface area contributed by atoms with Crippen LogP contribution in [0.3, 0.4) is 0 Å². The molecule has 22 heavy (non-hydrogen) atoms. The third-order valence-electron chi connectivity index (χ3n) is 4.12. The molecule has 2 aromatic rings. The maximum atomic E-state index is 13.2. The number of hydrogen-bond donors (Lipinski definition) is 1. The quantitative estimate of drug-likeness (QED) is 0.918. The van der Waals surface area contributed by atoms with E-state index in [2.05, 4.69) is 10.2 Å². The van der Waals surface area contributed by atoms with E-state index in [0.717, 1.165) is 43.8 Å². The topological polar surface area (TPSA) is 28.4 Å². The van der Waals surface area contributed by atoms with E-state index in [1.54, 1.807) is 12.3 Å². The van der Waals surface area contributed by atoms with Crippen molar-refractivity contribution in [1.82, 2.24) is 10.2 Å². The molecular weight excluding hydrogens is 286 g/mol. The average Bonchev–Trinajstić information content (AvgIpc) is 3.04. The maximum absolute atomic E-state index is 13.2. The van der Waals surface area contributed by atoms with Crippen molar-refractivity contribution in [2.24, 2.45) is 0 Å². The second kappa shape index (κ2) is 7.03. The van der Waals surface area contributed by atoms with Crippen LogP contribution in [0.1, 0.15) is 24.2 Å². The van der Waals surface area contributed by atoms with Gasteiger partial charge < -0.3 is 9.73 Å². The van der Waals surface area contributed by atoms with Gasteiger partial charge in [0.15, 0.2) is 11.6 Å². The number of benzene rings is 1. The summed E-state index contributed by atoms with van der Waals surface area (Å²) in [5, 5.41) is 3.49. The third kappa shape index (κ3) is 3.93. The van der Waals surface area contributed by atoms with E-state index in [4.69, 9.17) is 4.42 Å². The van der Waals surface area contributed by atoms with Crippen molar-refractivity contribution in [3.8, 4) is 0 Å². The van der Waals surface area contributed by atoms with Crippen LogP contribution in [0.25, 0.3) is 0 Å². The van der Waals surface area contributed by atoms with Crippen molar-refractivity contribution in [2.45, 2.75) is 32.0 Å². The molecule has 0 radical (unpaired) electrons. The van der Waals surface area contributed by atoms with Gasteiger partial charge in [-0.1, -0.05) is 6.07 Å². The van der Waals surface area contributed by atoms with E-state index in [-0.39, 0.29) is 0 Å². The van der Waals surface area contributed by atoms with Gasteiger partial charge in [-0.3, -0.25) is 4.90 Å². The molecule has 2 heterocycles. The van der Waals surface area contributed by atoms with E-state index in [9.17, 15) is 8.78 Å². The van der Waals surface area contributed by atoms with Gasteiger partial charge in [0.25, 0.3) is 0 Å². The van der Waals surface area contributed by atoms with Gasteiger partial charge in [-0.25, -0.2) is 8.78 Å². The number of hydrogen-bond acceptors (Lipinski definition) is 3. The van der Waals surface area contributed by atoms with Crippen LogP contribution in [-0.4, -0.2) is 24.0 Å². The van der Waals surface area contributed by atoms with Crippen molar-refractivity contribution in [1.29, 1.82) is 0 Å². The number of furan rings is 1.